The lowest BCUT2D eigenvalue weighted by atomic mass is 10.3. The van der Waals surface area contributed by atoms with Gasteiger partial charge in [-0.15, -0.1) is 11.8 Å². The zero-order chi connectivity index (χ0) is 11.1. The number of aromatic nitrogens is 1. The zero-order valence-electron chi connectivity index (χ0n) is 8.97. The molecule has 0 unspecified atom stereocenters. The molecule has 0 fully saturated rings. The Bertz CT molecular complexity index is 303. The second-order valence-electron chi connectivity index (χ2n) is 2.95. The molecule has 3 nitrogen and oxygen atoms in total. The van der Waals surface area contributed by atoms with Crippen molar-refractivity contribution in [2.45, 2.75) is 30.4 Å². The van der Waals surface area contributed by atoms with Crippen molar-refractivity contribution in [3.8, 4) is 0 Å². The summed E-state index contributed by atoms with van der Waals surface area (Å²) in [6, 6.07) is 3.79. The molecule has 1 aromatic heterocycles. The summed E-state index contributed by atoms with van der Waals surface area (Å²) in [7, 11) is 0. The van der Waals surface area contributed by atoms with Crippen LogP contribution in [-0.2, 0) is 9.53 Å². The SMILES string of the molecule is CCOC(=O)[C@H](CC)Sc1ccncc1. The van der Waals surface area contributed by atoms with Gasteiger partial charge in [0.05, 0.1) is 6.61 Å². The van der Waals surface area contributed by atoms with Gasteiger partial charge in [0, 0.05) is 17.3 Å². The van der Waals surface area contributed by atoms with E-state index in [-0.39, 0.29) is 11.2 Å². The zero-order valence-corrected chi connectivity index (χ0v) is 9.79. The summed E-state index contributed by atoms with van der Waals surface area (Å²) in [5, 5.41) is -0.118. The van der Waals surface area contributed by atoms with Crippen molar-refractivity contribution in [3.05, 3.63) is 24.5 Å². The molecule has 0 aromatic carbocycles. The van der Waals surface area contributed by atoms with Crippen LogP contribution in [0.25, 0.3) is 0 Å². The third kappa shape index (κ3) is 3.91. The standard InChI is InChI=1S/C11H15NO2S/c1-3-10(11(13)14-4-2)15-9-5-7-12-8-6-9/h5-8,10H,3-4H2,1-2H3/t10-/m0/s1. The Kier molecular flexibility index (Phi) is 5.18. The summed E-state index contributed by atoms with van der Waals surface area (Å²) >= 11 is 1.52. The van der Waals surface area contributed by atoms with E-state index < -0.39 is 0 Å². The number of ether oxygens (including phenoxy) is 1. The Morgan fingerprint density at radius 2 is 2.13 bits per heavy atom. The summed E-state index contributed by atoms with van der Waals surface area (Å²) in [5.41, 5.74) is 0. The first-order valence-electron chi connectivity index (χ1n) is 5.01. The minimum Gasteiger partial charge on any atom is -0.465 e. The molecule has 1 atom stereocenters. The largest absolute Gasteiger partial charge is 0.465 e. The topological polar surface area (TPSA) is 39.2 Å². The highest BCUT2D eigenvalue weighted by atomic mass is 32.2. The third-order valence-corrected chi connectivity index (χ3v) is 3.20. The molecule has 0 aliphatic carbocycles. The van der Waals surface area contributed by atoms with Gasteiger partial charge < -0.3 is 4.74 Å². The second-order valence-corrected chi connectivity index (χ2v) is 4.23. The number of hydrogen-bond donors (Lipinski definition) is 0. The predicted octanol–water partition coefficient (Wildman–Crippen LogP) is 2.52. The van der Waals surface area contributed by atoms with Gasteiger partial charge in [0.2, 0.25) is 0 Å². The van der Waals surface area contributed by atoms with Gasteiger partial charge in [-0.25, -0.2) is 0 Å². The van der Waals surface area contributed by atoms with Crippen molar-refractivity contribution in [2.24, 2.45) is 0 Å². The number of esters is 1. The smallest absolute Gasteiger partial charge is 0.319 e. The van der Waals surface area contributed by atoms with Gasteiger partial charge >= 0.3 is 5.97 Å². The highest BCUT2D eigenvalue weighted by molar-refractivity contribution is 8.00. The van der Waals surface area contributed by atoms with Crippen LogP contribution in [0, 0.1) is 0 Å². The van der Waals surface area contributed by atoms with Crippen molar-refractivity contribution in [1.29, 1.82) is 0 Å². The van der Waals surface area contributed by atoms with Crippen LogP contribution in [0.15, 0.2) is 29.4 Å². The summed E-state index contributed by atoms with van der Waals surface area (Å²) in [6.45, 7) is 4.24. The minimum absolute atomic E-state index is 0.118. The molecule has 0 saturated carbocycles. The molecule has 1 heterocycles. The number of nitrogens with zero attached hydrogens (tertiary/aromatic N) is 1. The fourth-order valence-corrected chi connectivity index (χ4v) is 2.05. The Balaban J connectivity index is 2.58. The van der Waals surface area contributed by atoms with Crippen molar-refractivity contribution in [1.82, 2.24) is 4.98 Å². The van der Waals surface area contributed by atoms with E-state index in [1.165, 1.54) is 11.8 Å². The lowest BCUT2D eigenvalue weighted by Crippen LogP contribution is -2.19. The average molecular weight is 225 g/mol. The van der Waals surface area contributed by atoms with Crippen LogP contribution in [0.5, 0.6) is 0 Å². The minimum atomic E-state index is -0.137. The van der Waals surface area contributed by atoms with Crippen LogP contribution < -0.4 is 0 Å². The normalized spacial score (nSPS) is 12.1. The first kappa shape index (κ1) is 12.0. The van der Waals surface area contributed by atoms with Gasteiger partial charge in [0.1, 0.15) is 5.25 Å². The number of thioether (sulfide) groups is 1. The number of carbonyl (C=O) groups excluding carboxylic acids is 1. The van der Waals surface area contributed by atoms with Crippen LogP contribution >= 0.6 is 11.8 Å². The third-order valence-electron chi connectivity index (χ3n) is 1.85. The van der Waals surface area contributed by atoms with E-state index in [0.717, 1.165) is 11.3 Å². The average Bonchev–Trinajstić information content (AvgIpc) is 2.27. The summed E-state index contributed by atoms with van der Waals surface area (Å²) in [4.78, 5) is 16.5. The molecule has 0 saturated heterocycles. The van der Waals surface area contributed by atoms with E-state index in [4.69, 9.17) is 4.74 Å². The Morgan fingerprint density at radius 1 is 1.47 bits per heavy atom. The lowest BCUT2D eigenvalue weighted by Gasteiger charge is -2.12. The molecule has 0 aliphatic heterocycles. The van der Waals surface area contributed by atoms with E-state index in [9.17, 15) is 4.79 Å². The molecule has 82 valence electrons. The maximum atomic E-state index is 11.5. The van der Waals surface area contributed by atoms with Gasteiger partial charge in [-0.1, -0.05) is 6.92 Å². The molecule has 0 amide bonds. The van der Waals surface area contributed by atoms with E-state index in [1.807, 2.05) is 26.0 Å². The van der Waals surface area contributed by atoms with Crippen LogP contribution in [0.1, 0.15) is 20.3 Å². The molecule has 0 bridgehead atoms. The number of rotatable bonds is 5. The van der Waals surface area contributed by atoms with E-state index in [2.05, 4.69) is 4.98 Å². The van der Waals surface area contributed by atoms with E-state index in [1.54, 1.807) is 12.4 Å². The van der Waals surface area contributed by atoms with Crippen molar-refractivity contribution in [3.63, 3.8) is 0 Å². The Hall–Kier alpha value is -1.03. The highest BCUT2D eigenvalue weighted by Gasteiger charge is 2.18. The molecule has 0 spiro atoms. The highest BCUT2D eigenvalue weighted by Crippen LogP contribution is 2.25. The Labute approximate surface area is 94.2 Å². The quantitative estimate of drug-likeness (QED) is 0.570. The monoisotopic (exact) mass is 225 g/mol. The summed E-state index contributed by atoms with van der Waals surface area (Å²) in [6.07, 6.45) is 4.21. The first-order valence-corrected chi connectivity index (χ1v) is 5.89. The van der Waals surface area contributed by atoms with Gasteiger partial charge in [0.15, 0.2) is 0 Å². The van der Waals surface area contributed by atoms with Crippen LogP contribution in [-0.4, -0.2) is 22.8 Å². The molecule has 0 aliphatic rings. The van der Waals surface area contributed by atoms with Gasteiger partial charge in [-0.3, -0.25) is 9.78 Å². The van der Waals surface area contributed by atoms with Crippen molar-refractivity contribution >= 4 is 17.7 Å². The molecule has 0 N–H and O–H groups in total. The number of hydrogen-bond acceptors (Lipinski definition) is 4. The molecule has 4 heteroatoms. The Morgan fingerprint density at radius 3 is 2.67 bits per heavy atom. The van der Waals surface area contributed by atoms with Gasteiger partial charge in [-0.05, 0) is 25.5 Å². The fraction of sp³-hybridized carbons (Fsp3) is 0.455. The summed E-state index contributed by atoms with van der Waals surface area (Å²) < 4.78 is 4.99. The number of pyridine rings is 1. The van der Waals surface area contributed by atoms with Crippen molar-refractivity contribution < 1.29 is 9.53 Å². The molecule has 15 heavy (non-hydrogen) atoms. The maximum Gasteiger partial charge on any atom is 0.319 e. The fourth-order valence-electron chi connectivity index (χ4n) is 1.11. The van der Waals surface area contributed by atoms with E-state index >= 15 is 0 Å². The van der Waals surface area contributed by atoms with Gasteiger partial charge in [-0.2, -0.15) is 0 Å². The second kappa shape index (κ2) is 6.45. The first-order chi connectivity index (χ1) is 7.27. The maximum absolute atomic E-state index is 11.5. The van der Waals surface area contributed by atoms with Crippen LogP contribution in [0.4, 0.5) is 0 Å². The van der Waals surface area contributed by atoms with Crippen LogP contribution in [0.2, 0.25) is 0 Å². The summed E-state index contributed by atoms with van der Waals surface area (Å²) in [5.74, 6) is -0.137. The molecule has 1 aromatic rings. The van der Waals surface area contributed by atoms with E-state index in [0.29, 0.717) is 6.61 Å². The molecule has 0 radical (unpaired) electrons. The molecular weight excluding hydrogens is 210 g/mol. The molecular formula is C11H15NO2S. The van der Waals surface area contributed by atoms with Crippen molar-refractivity contribution in [2.75, 3.05) is 6.61 Å². The predicted molar refractivity (Wildman–Crippen MR) is 60.8 cm³/mol. The van der Waals surface area contributed by atoms with Crippen LogP contribution in [0.3, 0.4) is 0 Å². The lowest BCUT2D eigenvalue weighted by molar-refractivity contribution is -0.142. The molecule has 1 rings (SSSR count). The van der Waals surface area contributed by atoms with Gasteiger partial charge in [0.25, 0.3) is 0 Å². The number of carbonyl (C=O) groups is 1.